The Balaban J connectivity index is 2.22. The minimum atomic E-state index is 0.443. The monoisotopic (exact) mass is 168 g/mol. The van der Waals surface area contributed by atoms with Gasteiger partial charge in [-0.15, -0.1) is 0 Å². The van der Waals surface area contributed by atoms with E-state index in [1.807, 2.05) is 0 Å². The van der Waals surface area contributed by atoms with Gasteiger partial charge in [0.25, 0.3) is 0 Å². The lowest BCUT2D eigenvalue weighted by atomic mass is 10.1. The molecule has 3 rings (SSSR count). The molecule has 2 atom stereocenters. The Morgan fingerprint density at radius 3 is 1.92 bits per heavy atom. The van der Waals surface area contributed by atoms with Gasteiger partial charge in [-0.3, -0.25) is 4.79 Å². The van der Waals surface area contributed by atoms with Crippen molar-refractivity contribution in [2.75, 3.05) is 14.1 Å². The van der Waals surface area contributed by atoms with Crippen molar-refractivity contribution in [3.63, 3.8) is 0 Å². The molecule has 2 heterocycles. The normalized spacial score (nSPS) is 38.7. The molecule has 0 amide bonds. The van der Waals surface area contributed by atoms with Crippen LogP contribution in [0.5, 0.6) is 0 Å². The van der Waals surface area contributed by atoms with Crippen LogP contribution in [0, 0.1) is 0 Å². The lowest BCUT2D eigenvalue weighted by Gasteiger charge is -2.41. The van der Waals surface area contributed by atoms with Crippen LogP contribution in [0.4, 0.5) is 0 Å². The number of rotatable bonds is 0. The number of hydrogen-bond acceptors (Lipinski definition) is 3. The molecule has 3 aliphatic rings. The minimum Gasteiger partial charge on any atom is -0.300 e. The summed E-state index contributed by atoms with van der Waals surface area (Å²) >= 11 is 0. The highest BCUT2D eigenvalue weighted by molar-refractivity contribution is 5.80. The first-order valence-corrected chi connectivity index (χ1v) is 4.66. The van der Waals surface area contributed by atoms with Crippen LogP contribution in [0.1, 0.15) is 25.7 Å². The maximum atomic E-state index is 11.4. The summed E-state index contributed by atoms with van der Waals surface area (Å²) in [5, 5.41) is 4.47. The second-order valence-electron chi connectivity index (χ2n) is 3.98. The third kappa shape index (κ3) is 1.17. The Kier molecular flexibility index (Phi) is 1.93. The molecule has 2 bridgehead atoms. The molecule has 2 aliphatic heterocycles. The fourth-order valence-corrected chi connectivity index (χ4v) is 2.35. The van der Waals surface area contributed by atoms with Crippen molar-refractivity contribution in [3.05, 3.63) is 0 Å². The highest BCUT2D eigenvalue weighted by Gasteiger charge is 2.36. The van der Waals surface area contributed by atoms with E-state index in [-0.39, 0.29) is 0 Å². The van der Waals surface area contributed by atoms with Gasteiger partial charge in [-0.1, -0.05) is 0 Å². The highest BCUT2D eigenvalue weighted by Crippen LogP contribution is 2.29. The van der Waals surface area contributed by atoms with Crippen LogP contribution in [-0.2, 0) is 4.79 Å². The molecule has 0 radical (unpaired) electrons. The Morgan fingerprint density at radius 1 is 1.08 bits per heavy atom. The van der Waals surface area contributed by atoms with Crippen molar-refractivity contribution < 1.29 is 4.79 Å². The fraction of sp³-hybridized carbons (Fsp3) is 0.889. The molecule has 68 valence electrons. The molecular formula is C9H16N2O. The first kappa shape index (κ1) is 8.20. The topological polar surface area (TPSA) is 23.6 Å². The van der Waals surface area contributed by atoms with Crippen LogP contribution in [0.3, 0.4) is 0 Å². The van der Waals surface area contributed by atoms with Gasteiger partial charge in [0, 0.05) is 39.0 Å². The molecule has 3 heteroatoms. The van der Waals surface area contributed by atoms with Crippen molar-refractivity contribution in [1.82, 2.24) is 10.0 Å². The predicted octanol–water partition coefficient (Wildman–Crippen LogP) is 0.659. The van der Waals surface area contributed by atoms with Crippen LogP contribution in [0.15, 0.2) is 0 Å². The SMILES string of the molecule is CN1[C@@H]2CC[C@H](CC(=O)C2)N1C. The van der Waals surface area contributed by atoms with Crippen LogP contribution >= 0.6 is 0 Å². The van der Waals surface area contributed by atoms with Gasteiger partial charge >= 0.3 is 0 Å². The molecule has 0 aromatic heterocycles. The summed E-state index contributed by atoms with van der Waals surface area (Å²) in [6, 6.07) is 0.947. The number of ketones is 1. The van der Waals surface area contributed by atoms with E-state index in [1.165, 1.54) is 12.8 Å². The zero-order valence-corrected chi connectivity index (χ0v) is 7.79. The molecule has 3 fully saturated rings. The average Bonchev–Trinajstić information content (AvgIpc) is 2.26. The first-order chi connectivity index (χ1) is 5.68. The second kappa shape index (κ2) is 2.82. The van der Waals surface area contributed by atoms with E-state index < -0.39 is 0 Å². The lowest BCUT2D eigenvalue weighted by Crippen LogP contribution is -2.51. The van der Waals surface area contributed by atoms with Gasteiger partial charge in [-0.2, -0.15) is 0 Å². The van der Waals surface area contributed by atoms with E-state index >= 15 is 0 Å². The largest absolute Gasteiger partial charge is 0.300 e. The second-order valence-corrected chi connectivity index (χ2v) is 3.98. The maximum absolute atomic E-state index is 11.4. The van der Waals surface area contributed by atoms with Gasteiger partial charge in [-0.25, -0.2) is 10.0 Å². The van der Waals surface area contributed by atoms with Crippen molar-refractivity contribution >= 4 is 5.78 Å². The average molecular weight is 168 g/mol. The molecule has 1 aliphatic carbocycles. The Labute approximate surface area is 73.3 Å². The van der Waals surface area contributed by atoms with Gasteiger partial charge in [0.1, 0.15) is 5.78 Å². The van der Waals surface area contributed by atoms with Crippen molar-refractivity contribution in [3.8, 4) is 0 Å². The van der Waals surface area contributed by atoms with E-state index in [4.69, 9.17) is 0 Å². The van der Waals surface area contributed by atoms with Crippen LogP contribution < -0.4 is 0 Å². The lowest BCUT2D eigenvalue weighted by molar-refractivity contribution is -0.119. The third-order valence-electron chi connectivity index (χ3n) is 3.31. The molecule has 0 spiro atoms. The summed E-state index contributed by atoms with van der Waals surface area (Å²) in [6.07, 6.45) is 3.91. The Hall–Kier alpha value is -0.410. The van der Waals surface area contributed by atoms with E-state index in [9.17, 15) is 4.79 Å². The van der Waals surface area contributed by atoms with Crippen LogP contribution in [0.2, 0.25) is 0 Å². The molecule has 12 heavy (non-hydrogen) atoms. The molecule has 0 unspecified atom stereocenters. The Bertz CT molecular complexity index is 185. The number of hydrogen-bond donors (Lipinski definition) is 0. The van der Waals surface area contributed by atoms with E-state index in [0.29, 0.717) is 17.9 Å². The zero-order valence-electron chi connectivity index (χ0n) is 7.79. The summed E-state index contributed by atoms with van der Waals surface area (Å²) in [5.41, 5.74) is 0. The number of fused-ring (bicyclic) bond motifs is 4. The van der Waals surface area contributed by atoms with Crippen LogP contribution in [-0.4, -0.2) is 42.0 Å². The summed E-state index contributed by atoms with van der Waals surface area (Å²) in [7, 11) is 4.19. The molecule has 0 aromatic rings. The van der Waals surface area contributed by atoms with Gasteiger partial charge in [0.15, 0.2) is 0 Å². The van der Waals surface area contributed by atoms with Crippen LogP contribution in [0.25, 0.3) is 0 Å². The Morgan fingerprint density at radius 2 is 1.50 bits per heavy atom. The number of carbonyl (C=O) groups is 1. The number of hydrazine groups is 1. The molecule has 1 saturated carbocycles. The fourth-order valence-electron chi connectivity index (χ4n) is 2.35. The quantitative estimate of drug-likeness (QED) is 0.531. The number of carbonyl (C=O) groups excluding carboxylic acids is 1. The first-order valence-electron chi connectivity index (χ1n) is 4.66. The summed E-state index contributed by atoms with van der Waals surface area (Å²) in [6.45, 7) is 0. The van der Waals surface area contributed by atoms with E-state index in [0.717, 1.165) is 12.8 Å². The van der Waals surface area contributed by atoms with Gasteiger partial charge in [-0.05, 0) is 12.8 Å². The smallest absolute Gasteiger partial charge is 0.136 e. The third-order valence-corrected chi connectivity index (χ3v) is 3.31. The number of Topliss-reactive ketones (excluding diaryl/α,β-unsaturated/α-hetero) is 1. The number of nitrogens with zero attached hydrogens (tertiary/aromatic N) is 2. The van der Waals surface area contributed by atoms with E-state index in [2.05, 4.69) is 24.1 Å². The van der Waals surface area contributed by atoms with Crippen molar-refractivity contribution in [1.29, 1.82) is 0 Å². The molecule has 0 aromatic carbocycles. The summed E-state index contributed by atoms with van der Waals surface area (Å²) < 4.78 is 0. The summed E-state index contributed by atoms with van der Waals surface area (Å²) in [4.78, 5) is 11.4. The maximum Gasteiger partial charge on any atom is 0.136 e. The van der Waals surface area contributed by atoms with Crippen molar-refractivity contribution in [2.24, 2.45) is 0 Å². The summed E-state index contributed by atoms with van der Waals surface area (Å²) in [5.74, 6) is 0.443. The zero-order chi connectivity index (χ0) is 8.72. The predicted molar refractivity (Wildman–Crippen MR) is 46.6 cm³/mol. The van der Waals surface area contributed by atoms with E-state index in [1.54, 1.807) is 0 Å². The standard InChI is InChI=1S/C9H16N2O/c1-10-7-3-4-8(11(10)2)6-9(12)5-7/h7-8H,3-6H2,1-2H3/t7-,8-/m1/s1. The molecule has 0 N–H and O–H groups in total. The molecular weight excluding hydrogens is 152 g/mol. The van der Waals surface area contributed by atoms with Gasteiger partial charge in [0.05, 0.1) is 0 Å². The minimum absolute atomic E-state index is 0.443. The molecule has 2 saturated heterocycles. The highest BCUT2D eigenvalue weighted by atomic mass is 16.1. The van der Waals surface area contributed by atoms with Gasteiger partial charge < -0.3 is 0 Å². The van der Waals surface area contributed by atoms with Gasteiger partial charge in [0.2, 0.25) is 0 Å². The molecule has 3 nitrogen and oxygen atoms in total. The van der Waals surface area contributed by atoms with Crippen molar-refractivity contribution in [2.45, 2.75) is 37.8 Å².